The molecule has 1 aliphatic heterocycles. The van der Waals surface area contributed by atoms with Gasteiger partial charge in [-0.15, -0.1) is 0 Å². The van der Waals surface area contributed by atoms with Crippen molar-refractivity contribution < 1.29 is 4.79 Å². The van der Waals surface area contributed by atoms with Crippen molar-refractivity contribution in [2.75, 3.05) is 11.4 Å². The smallest absolute Gasteiger partial charge is 0.339 e. The van der Waals surface area contributed by atoms with Gasteiger partial charge in [0.05, 0.1) is 22.7 Å². The van der Waals surface area contributed by atoms with Crippen molar-refractivity contribution in [3.63, 3.8) is 0 Å². The summed E-state index contributed by atoms with van der Waals surface area (Å²) in [6.45, 7) is 0.691. The number of carbonyl (C=O) groups is 1. The maximum absolute atomic E-state index is 13.5. The van der Waals surface area contributed by atoms with Crippen LogP contribution in [0, 0.1) is 0 Å². The quantitative estimate of drug-likeness (QED) is 0.441. The van der Waals surface area contributed by atoms with Crippen molar-refractivity contribution in [1.82, 2.24) is 28.9 Å². The van der Waals surface area contributed by atoms with E-state index in [1.165, 1.54) is 10.7 Å². The average Bonchev–Trinajstić information content (AvgIpc) is 3.58. The van der Waals surface area contributed by atoms with E-state index in [4.69, 9.17) is 10.7 Å². The molecule has 0 radical (unpaired) electrons. The van der Waals surface area contributed by atoms with Crippen molar-refractivity contribution in [3.05, 3.63) is 83.1 Å². The molecule has 1 aromatic carbocycles. The van der Waals surface area contributed by atoms with Gasteiger partial charge in [-0.25, -0.2) is 24.3 Å². The predicted octanol–water partition coefficient (Wildman–Crippen LogP) is 2.20. The zero-order valence-electron chi connectivity index (χ0n) is 17.5. The maximum atomic E-state index is 13.5. The summed E-state index contributed by atoms with van der Waals surface area (Å²) in [7, 11) is 0. The number of nitrogens with two attached hydrogens (primary N) is 1. The Morgan fingerprint density at radius 2 is 1.97 bits per heavy atom. The minimum Gasteiger partial charge on any atom is -0.366 e. The Bertz CT molecular complexity index is 1570. The summed E-state index contributed by atoms with van der Waals surface area (Å²) in [6, 6.07) is 12.9. The number of hydrogen-bond donors (Lipinski definition) is 2. The van der Waals surface area contributed by atoms with Crippen LogP contribution in [0.1, 0.15) is 35.1 Å². The Morgan fingerprint density at radius 3 is 2.79 bits per heavy atom. The maximum Gasteiger partial charge on any atom is 0.339 e. The molecule has 1 atom stereocenters. The second-order valence-electron chi connectivity index (χ2n) is 8.00. The molecule has 0 bridgehead atoms. The number of amides is 1. The van der Waals surface area contributed by atoms with E-state index in [1.54, 1.807) is 17.0 Å². The Hall–Kier alpha value is -4.47. The lowest BCUT2D eigenvalue weighted by atomic mass is 10.1. The van der Waals surface area contributed by atoms with Crippen LogP contribution in [0.2, 0.25) is 0 Å². The van der Waals surface area contributed by atoms with Gasteiger partial charge in [0.25, 0.3) is 5.91 Å². The highest BCUT2D eigenvalue weighted by molar-refractivity contribution is 6.09. The van der Waals surface area contributed by atoms with E-state index in [0.29, 0.717) is 40.4 Å². The van der Waals surface area contributed by atoms with Gasteiger partial charge in [0.15, 0.2) is 0 Å². The minimum absolute atomic E-state index is 0.189. The number of aromatic nitrogens is 6. The molecule has 10 nitrogen and oxygen atoms in total. The number of nitrogens with zero attached hydrogens (tertiary/aromatic N) is 6. The Labute approximate surface area is 187 Å². The average molecular weight is 440 g/mol. The summed E-state index contributed by atoms with van der Waals surface area (Å²) in [6.07, 6.45) is 6.39. The lowest BCUT2D eigenvalue weighted by molar-refractivity contribution is 0.100. The summed E-state index contributed by atoms with van der Waals surface area (Å²) < 4.78 is 3.19. The fourth-order valence-electron chi connectivity index (χ4n) is 4.69. The van der Waals surface area contributed by atoms with Crippen LogP contribution in [-0.4, -0.2) is 41.4 Å². The highest BCUT2D eigenvalue weighted by Gasteiger charge is 2.34. The number of fused-ring (bicyclic) bond motifs is 2. The van der Waals surface area contributed by atoms with Crippen molar-refractivity contribution in [2.45, 2.75) is 18.9 Å². The van der Waals surface area contributed by atoms with Gasteiger partial charge >= 0.3 is 5.69 Å². The highest BCUT2D eigenvalue weighted by Crippen LogP contribution is 2.38. The third-order valence-corrected chi connectivity index (χ3v) is 6.14. The van der Waals surface area contributed by atoms with Crippen LogP contribution < -0.4 is 16.3 Å². The van der Waals surface area contributed by atoms with Crippen molar-refractivity contribution in [2.24, 2.45) is 5.73 Å². The Morgan fingerprint density at radius 1 is 1.12 bits per heavy atom. The molecule has 1 unspecified atom stereocenters. The summed E-state index contributed by atoms with van der Waals surface area (Å²) in [4.78, 5) is 44.3. The zero-order chi connectivity index (χ0) is 22.5. The fraction of sp³-hybridized carbons (Fsp3) is 0.174. The van der Waals surface area contributed by atoms with Gasteiger partial charge < -0.3 is 15.6 Å². The monoisotopic (exact) mass is 440 g/mol. The number of H-pyrrole nitrogens is 1. The van der Waals surface area contributed by atoms with Gasteiger partial charge in [0.2, 0.25) is 0 Å². The molecule has 33 heavy (non-hydrogen) atoms. The van der Waals surface area contributed by atoms with Crippen molar-refractivity contribution in [3.8, 4) is 5.69 Å². The van der Waals surface area contributed by atoms with Crippen LogP contribution in [-0.2, 0) is 0 Å². The molecule has 164 valence electrons. The van der Waals surface area contributed by atoms with Gasteiger partial charge in [0.1, 0.15) is 29.3 Å². The van der Waals surface area contributed by atoms with E-state index >= 15 is 0 Å². The zero-order valence-corrected chi connectivity index (χ0v) is 17.5. The number of para-hydroxylation sites is 1. The number of carbonyl (C=O) groups excluding carboxylic acids is 1. The molecule has 1 amide bonds. The Kier molecular flexibility index (Phi) is 4.25. The number of nitrogens with one attached hydrogen (secondary N) is 1. The second-order valence-corrected chi connectivity index (χ2v) is 8.00. The standard InChI is InChI=1S/C23H20N8O2/c24-19(32)15-12-25-20-18(15)22(27-13-26-20)29-10-4-8-16(29)21-28-17-9-5-11-30(17)23(33)31(21)14-6-2-1-3-7-14/h1-3,5-7,9,11-13,16H,4,8,10H2,(H2,24,32)(H,25,26,27). The van der Waals surface area contributed by atoms with E-state index in [2.05, 4.69) is 19.9 Å². The molecule has 3 N–H and O–H groups in total. The first-order chi connectivity index (χ1) is 16.1. The third kappa shape index (κ3) is 2.91. The second kappa shape index (κ2) is 7.30. The van der Waals surface area contributed by atoms with Gasteiger partial charge in [-0.3, -0.25) is 9.20 Å². The molecule has 1 saturated heterocycles. The van der Waals surface area contributed by atoms with Crippen LogP contribution in [0.5, 0.6) is 0 Å². The largest absolute Gasteiger partial charge is 0.366 e. The van der Waals surface area contributed by atoms with E-state index in [-0.39, 0.29) is 11.7 Å². The molecule has 1 aliphatic rings. The van der Waals surface area contributed by atoms with Crippen molar-refractivity contribution in [1.29, 1.82) is 0 Å². The summed E-state index contributed by atoms with van der Waals surface area (Å²) in [5.41, 5.74) is 7.62. The molecule has 0 spiro atoms. The topological polar surface area (TPSA) is 127 Å². The molecule has 0 aliphatic carbocycles. The van der Waals surface area contributed by atoms with E-state index in [0.717, 1.165) is 18.5 Å². The molecule has 10 heteroatoms. The van der Waals surface area contributed by atoms with Gasteiger partial charge in [-0.2, -0.15) is 0 Å². The van der Waals surface area contributed by atoms with E-state index in [9.17, 15) is 9.59 Å². The van der Waals surface area contributed by atoms with Gasteiger partial charge in [-0.1, -0.05) is 18.2 Å². The van der Waals surface area contributed by atoms with Crippen LogP contribution in [0.4, 0.5) is 5.82 Å². The Balaban J connectivity index is 1.59. The summed E-state index contributed by atoms with van der Waals surface area (Å²) >= 11 is 0. The van der Waals surface area contributed by atoms with Crippen molar-refractivity contribution >= 4 is 28.4 Å². The summed E-state index contributed by atoms with van der Waals surface area (Å²) in [5, 5.41) is 0.578. The summed E-state index contributed by atoms with van der Waals surface area (Å²) in [5.74, 6) is 0.668. The van der Waals surface area contributed by atoms with Gasteiger partial charge in [-0.05, 0) is 37.1 Å². The fourth-order valence-corrected chi connectivity index (χ4v) is 4.69. The number of primary amides is 1. The lowest BCUT2D eigenvalue weighted by Crippen LogP contribution is -2.34. The first-order valence-electron chi connectivity index (χ1n) is 10.7. The van der Waals surface area contributed by atoms with Crippen LogP contribution in [0.3, 0.4) is 0 Å². The van der Waals surface area contributed by atoms with Crippen LogP contribution >= 0.6 is 0 Å². The van der Waals surface area contributed by atoms with E-state index < -0.39 is 5.91 Å². The minimum atomic E-state index is -0.554. The molecule has 6 rings (SSSR count). The lowest BCUT2D eigenvalue weighted by Gasteiger charge is -2.28. The number of aromatic amines is 1. The van der Waals surface area contributed by atoms with Crippen LogP contribution in [0.15, 0.2) is 66.0 Å². The number of hydrogen-bond acceptors (Lipinski definition) is 6. The molecular formula is C23H20N8O2. The third-order valence-electron chi connectivity index (χ3n) is 6.14. The molecule has 5 heterocycles. The first kappa shape index (κ1) is 19.2. The number of benzene rings is 1. The molecule has 1 fully saturated rings. The molecule has 0 saturated carbocycles. The predicted molar refractivity (Wildman–Crippen MR) is 123 cm³/mol. The molecule has 5 aromatic rings. The SMILES string of the molecule is NC(=O)c1c[nH]c2ncnc(N3CCCC3c3nc4cccn4c(=O)n3-c3ccccc3)c12. The van der Waals surface area contributed by atoms with Gasteiger partial charge in [0, 0.05) is 18.9 Å². The first-order valence-corrected chi connectivity index (χ1v) is 10.7. The normalized spacial score (nSPS) is 16.1. The number of anilines is 1. The highest BCUT2D eigenvalue weighted by atomic mass is 16.1. The van der Waals surface area contributed by atoms with E-state index in [1.807, 2.05) is 42.5 Å². The number of rotatable bonds is 4. The molecule has 4 aromatic heterocycles. The molecular weight excluding hydrogens is 420 g/mol. The van der Waals surface area contributed by atoms with Crippen LogP contribution in [0.25, 0.3) is 22.4 Å².